The second kappa shape index (κ2) is 13.5. The summed E-state index contributed by atoms with van der Waals surface area (Å²) in [6.07, 6.45) is 0. The summed E-state index contributed by atoms with van der Waals surface area (Å²) in [5.41, 5.74) is 12.9. The molecule has 0 aromatic heterocycles. The van der Waals surface area contributed by atoms with Crippen molar-refractivity contribution in [3.8, 4) is 44.5 Å². The molecule has 0 bridgehead atoms. The van der Waals surface area contributed by atoms with Crippen LogP contribution in [0.3, 0.4) is 0 Å². The zero-order valence-electron chi connectivity index (χ0n) is 36.3. The van der Waals surface area contributed by atoms with Crippen LogP contribution < -0.4 is 0 Å². The van der Waals surface area contributed by atoms with Crippen LogP contribution in [0.1, 0.15) is 25.0 Å². The summed E-state index contributed by atoms with van der Waals surface area (Å²) in [7, 11) is 0. The highest BCUT2D eigenvalue weighted by atomic mass is 14.4. The molecule has 14 rings (SSSR count). The van der Waals surface area contributed by atoms with Gasteiger partial charge in [-0.3, -0.25) is 0 Å². The van der Waals surface area contributed by atoms with E-state index in [1.807, 2.05) is 0 Å². The van der Waals surface area contributed by atoms with Crippen molar-refractivity contribution in [3.05, 3.63) is 230 Å². The maximum atomic E-state index is 2.49. The molecule has 0 radical (unpaired) electrons. The van der Waals surface area contributed by atoms with Gasteiger partial charge in [-0.1, -0.05) is 208 Å². The molecule has 0 atom stereocenters. The molecule has 0 unspecified atom stereocenters. The summed E-state index contributed by atoms with van der Waals surface area (Å²) in [4.78, 5) is 0. The van der Waals surface area contributed by atoms with E-state index in [1.54, 1.807) is 0 Å². The van der Waals surface area contributed by atoms with Crippen molar-refractivity contribution in [3.63, 3.8) is 0 Å². The molecule has 13 aromatic rings. The molecular weight excluding hydrogens is 781 g/mol. The molecule has 1 aliphatic rings. The van der Waals surface area contributed by atoms with Gasteiger partial charge in [0.1, 0.15) is 0 Å². The molecule has 0 heterocycles. The third-order valence-corrected chi connectivity index (χ3v) is 15.0. The first kappa shape index (κ1) is 36.4. The Morgan fingerprint density at radius 2 is 0.523 bits per heavy atom. The van der Waals surface area contributed by atoms with Crippen LogP contribution in [-0.4, -0.2) is 0 Å². The Labute approximate surface area is 377 Å². The lowest BCUT2D eigenvalue weighted by Crippen LogP contribution is -2.14. The molecule has 0 aliphatic heterocycles. The summed E-state index contributed by atoms with van der Waals surface area (Å²) < 4.78 is 0. The lowest BCUT2D eigenvalue weighted by atomic mass is 9.81. The third kappa shape index (κ3) is 5.14. The number of hydrogen-bond donors (Lipinski definition) is 0. The molecule has 65 heavy (non-hydrogen) atoms. The predicted molar refractivity (Wildman–Crippen MR) is 280 cm³/mol. The largest absolute Gasteiger partial charge is 0.0619 e. The zero-order chi connectivity index (χ0) is 43.0. The van der Waals surface area contributed by atoms with Crippen molar-refractivity contribution >= 4 is 86.2 Å². The summed E-state index contributed by atoms with van der Waals surface area (Å²) in [6, 6.07) is 82.5. The van der Waals surface area contributed by atoms with Crippen molar-refractivity contribution in [2.75, 3.05) is 0 Å². The Morgan fingerprint density at radius 1 is 0.215 bits per heavy atom. The summed E-state index contributed by atoms with van der Waals surface area (Å²) in [6.45, 7) is 4.75. The fourth-order valence-electron chi connectivity index (χ4n) is 12.0. The Hall–Kier alpha value is -8.06. The van der Waals surface area contributed by atoms with Gasteiger partial charge in [0.2, 0.25) is 0 Å². The Bertz CT molecular complexity index is 4130. The van der Waals surface area contributed by atoms with Gasteiger partial charge in [-0.15, -0.1) is 0 Å². The van der Waals surface area contributed by atoms with Crippen LogP contribution in [0.15, 0.2) is 218 Å². The lowest BCUT2D eigenvalue weighted by Gasteiger charge is -2.22. The zero-order valence-corrected chi connectivity index (χ0v) is 36.3. The van der Waals surface area contributed by atoms with E-state index in [0.717, 1.165) is 0 Å². The maximum absolute atomic E-state index is 2.49. The number of fused-ring (bicyclic) bond motifs is 17. The van der Waals surface area contributed by atoms with Crippen molar-refractivity contribution in [1.82, 2.24) is 0 Å². The highest BCUT2D eigenvalue weighted by molar-refractivity contribution is 6.29. The van der Waals surface area contributed by atoms with E-state index in [1.165, 1.54) is 142 Å². The van der Waals surface area contributed by atoms with Crippen LogP contribution in [0.5, 0.6) is 0 Å². The third-order valence-electron chi connectivity index (χ3n) is 15.0. The van der Waals surface area contributed by atoms with Gasteiger partial charge in [0.25, 0.3) is 0 Å². The van der Waals surface area contributed by atoms with Gasteiger partial charge in [-0.2, -0.15) is 0 Å². The van der Waals surface area contributed by atoms with E-state index in [9.17, 15) is 0 Å². The van der Waals surface area contributed by atoms with E-state index >= 15 is 0 Å². The summed E-state index contributed by atoms with van der Waals surface area (Å²) >= 11 is 0. The Balaban J connectivity index is 1.08. The molecule has 0 N–H and O–H groups in total. The van der Waals surface area contributed by atoms with Gasteiger partial charge in [0, 0.05) is 5.41 Å². The van der Waals surface area contributed by atoms with Crippen LogP contribution in [0, 0.1) is 0 Å². The second-order valence-electron chi connectivity index (χ2n) is 18.7. The second-order valence-corrected chi connectivity index (χ2v) is 18.7. The first-order chi connectivity index (χ1) is 32.0. The van der Waals surface area contributed by atoms with E-state index in [-0.39, 0.29) is 5.41 Å². The minimum Gasteiger partial charge on any atom is -0.0619 e. The van der Waals surface area contributed by atoms with E-state index < -0.39 is 0 Å². The van der Waals surface area contributed by atoms with Crippen molar-refractivity contribution < 1.29 is 0 Å². The quantitative estimate of drug-likeness (QED) is 0.123. The Kier molecular flexibility index (Phi) is 7.55. The molecule has 0 saturated heterocycles. The first-order valence-electron chi connectivity index (χ1n) is 22.9. The molecule has 0 spiro atoms. The SMILES string of the molecule is CC1(C)c2ccccc2-c2ccc(-c3ccc4c(-c5ccc6c7ccccc7c7ccccc7c6c5)c5ccccc5c(-c5ccc6c7ccccc7c7ccccc7c6c5)c4c3)cc21. The molecule has 1 aliphatic carbocycles. The minimum atomic E-state index is -0.0864. The number of rotatable bonds is 3. The fourth-order valence-corrected chi connectivity index (χ4v) is 12.0. The van der Waals surface area contributed by atoms with Crippen LogP contribution in [0.25, 0.3) is 131 Å². The average molecular weight is 823 g/mol. The highest BCUT2D eigenvalue weighted by Crippen LogP contribution is 2.51. The van der Waals surface area contributed by atoms with Crippen LogP contribution in [-0.2, 0) is 5.41 Å². The smallest absolute Gasteiger partial charge is 0.0159 e. The van der Waals surface area contributed by atoms with Crippen molar-refractivity contribution in [1.29, 1.82) is 0 Å². The number of benzene rings is 13. The van der Waals surface area contributed by atoms with Crippen molar-refractivity contribution in [2.45, 2.75) is 19.3 Å². The maximum Gasteiger partial charge on any atom is 0.0159 e. The molecule has 302 valence electrons. The van der Waals surface area contributed by atoms with Gasteiger partial charge in [0.15, 0.2) is 0 Å². The Morgan fingerprint density at radius 3 is 1.03 bits per heavy atom. The average Bonchev–Trinajstić information content (AvgIpc) is 3.60. The van der Waals surface area contributed by atoms with E-state index in [2.05, 4.69) is 232 Å². The van der Waals surface area contributed by atoms with Gasteiger partial charge < -0.3 is 0 Å². The van der Waals surface area contributed by atoms with Gasteiger partial charge in [-0.25, -0.2) is 0 Å². The fraction of sp³-hybridized carbons (Fsp3) is 0.0462. The molecule has 13 aromatic carbocycles. The lowest BCUT2D eigenvalue weighted by molar-refractivity contribution is 0.660. The van der Waals surface area contributed by atoms with Gasteiger partial charge in [-0.05, 0) is 166 Å². The van der Waals surface area contributed by atoms with Crippen molar-refractivity contribution in [2.24, 2.45) is 0 Å². The minimum absolute atomic E-state index is 0.0864. The highest BCUT2D eigenvalue weighted by Gasteiger charge is 2.35. The van der Waals surface area contributed by atoms with Gasteiger partial charge >= 0.3 is 0 Å². The molecule has 0 fully saturated rings. The van der Waals surface area contributed by atoms with E-state index in [0.29, 0.717) is 0 Å². The molecule has 0 amide bonds. The molecule has 0 nitrogen and oxygen atoms in total. The molecule has 0 heteroatoms. The van der Waals surface area contributed by atoms with Crippen LogP contribution >= 0.6 is 0 Å². The van der Waals surface area contributed by atoms with Crippen LogP contribution in [0.4, 0.5) is 0 Å². The predicted octanol–water partition coefficient (Wildman–Crippen LogP) is 18.2. The standard InChI is InChI=1S/C65H42/c1-65(2)61-26-14-13-23-53(61)54-33-27-40(38-62(54)65)39-28-34-57-60(35-39)64(42-30-32-52-48-20-6-4-16-44(48)46-18-8-10-22-50(46)59(52)37-42)56-25-12-11-24-55(56)63(57)41-29-31-51-47-19-5-3-15-43(47)45-17-7-9-21-49(45)58(51)36-41/h3-38H,1-2H3. The van der Waals surface area contributed by atoms with Crippen LogP contribution in [0.2, 0.25) is 0 Å². The molecule has 0 saturated carbocycles. The van der Waals surface area contributed by atoms with E-state index in [4.69, 9.17) is 0 Å². The molecular formula is C65H42. The number of hydrogen-bond acceptors (Lipinski definition) is 0. The summed E-state index contributed by atoms with van der Waals surface area (Å²) in [5, 5.41) is 20.5. The van der Waals surface area contributed by atoms with Gasteiger partial charge in [0.05, 0.1) is 0 Å². The first-order valence-corrected chi connectivity index (χ1v) is 22.9. The monoisotopic (exact) mass is 822 g/mol. The normalized spacial score (nSPS) is 13.2. The summed E-state index contributed by atoms with van der Waals surface area (Å²) in [5.74, 6) is 0. The topological polar surface area (TPSA) is 0 Å².